The lowest BCUT2D eigenvalue weighted by atomic mass is 10.2. The first-order valence-electron chi connectivity index (χ1n) is 5.22. The Morgan fingerprint density at radius 3 is 2.41 bits per heavy atom. The van der Waals surface area contributed by atoms with Gasteiger partial charge in [0.05, 0.1) is 11.1 Å². The fraction of sp³-hybridized carbons (Fsp3) is 0.250. The minimum atomic E-state index is -3.42. The highest BCUT2D eigenvalue weighted by Gasteiger charge is 2.14. The predicted molar refractivity (Wildman–Crippen MR) is 66.2 cm³/mol. The van der Waals surface area contributed by atoms with Crippen LogP contribution in [-0.4, -0.2) is 19.7 Å². The van der Waals surface area contributed by atoms with Crippen molar-refractivity contribution in [3.63, 3.8) is 0 Å². The van der Waals surface area contributed by atoms with Crippen LogP contribution in [0.5, 0.6) is 0 Å². The monoisotopic (exact) mass is 255 g/mol. The SMILES string of the molecule is CC.CS(=O)(=O)c1cccc2cncc(F)c12. The molecule has 0 spiro atoms. The molecule has 0 aliphatic carbocycles. The largest absolute Gasteiger partial charge is 0.261 e. The normalized spacial score (nSPS) is 10.8. The van der Waals surface area contributed by atoms with Crippen LogP contribution in [0, 0.1) is 5.82 Å². The number of halogens is 1. The Morgan fingerprint density at radius 2 is 1.82 bits per heavy atom. The second-order valence-electron chi connectivity index (χ2n) is 3.25. The molecule has 2 rings (SSSR count). The van der Waals surface area contributed by atoms with Gasteiger partial charge in [-0.05, 0) is 6.07 Å². The fourth-order valence-electron chi connectivity index (χ4n) is 1.47. The van der Waals surface area contributed by atoms with Gasteiger partial charge in [0, 0.05) is 23.2 Å². The molecule has 0 saturated heterocycles. The molecule has 0 saturated carbocycles. The van der Waals surface area contributed by atoms with Gasteiger partial charge in [-0.1, -0.05) is 26.0 Å². The Hall–Kier alpha value is -1.49. The van der Waals surface area contributed by atoms with E-state index in [1.165, 1.54) is 12.3 Å². The summed E-state index contributed by atoms with van der Waals surface area (Å²) in [5.74, 6) is -0.617. The Labute approximate surface area is 100 Å². The van der Waals surface area contributed by atoms with Crippen molar-refractivity contribution < 1.29 is 12.8 Å². The van der Waals surface area contributed by atoms with Crippen molar-refractivity contribution in [1.82, 2.24) is 4.98 Å². The van der Waals surface area contributed by atoms with E-state index in [0.29, 0.717) is 5.39 Å². The van der Waals surface area contributed by atoms with Gasteiger partial charge in [-0.2, -0.15) is 0 Å². The van der Waals surface area contributed by atoms with E-state index in [2.05, 4.69) is 4.98 Å². The molecule has 0 amide bonds. The van der Waals surface area contributed by atoms with E-state index < -0.39 is 15.7 Å². The van der Waals surface area contributed by atoms with Crippen LogP contribution in [-0.2, 0) is 9.84 Å². The summed E-state index contributed by atoms with van der Waals surface area (Å²) < 4.78 is 36.3. The van der Waals surface area contributed by atoms with E-state index >= 15 is 0 Å². The molecule has 5 heteroatoms. The van der Waals surface area contributed by atoms with Gasteiger partial charge in [0.2, 0.25) is 0 Å². The van der Waals surface area contributed by atoms with Crippen LogP contribution in [0.2, 0.25) is 0 Å². The summed E-state index contributed by atoms with van der Waals surface area (Å²) in [5.41, 5.74) is 0. The van der Waals surface area contributed by atoms with Crippen LogP contribution in [0.3, 0.4) is 0 Å². The second kappa shape index (κ2) is 5.23. The molecule has 0 radical (unpaired) electrons. The number of nitrogens with zero attached hydrogens (tertiary/aromatic N) is 1. The first-order chi connectivity index (χ1) is 8.00. The maximum atomic E-state index is 13.5. The van der Waals surface area contributed by atoms with Gasteiger partial charge in [0.25, 0.3) is 0 Å². The van der Waals surface area contributed by atoms with Crippen LogP contribution < -0.4 is 0 Å². The minimum Gasteiger partial charge on any atom is -0.261 e. The molecule has 3 nitrogen and oxygen atoms in total. The average Bonchev–Trinajstić information content (AvgIpc) is 2.30. The molecule has 1 heterocycles. The summed E-state index contributed by atoms with van der Waals surface area (Å²) in [6, 6.07) is 4.58. The van der Waals surface area contributed by atoms with Crippen molar-refractivity contribution in [2.75, 3.05) is 6.26 Å². The minimum absolute atomic E-state index is 0.0000926. The van der Waals surface area contributed by atoms with Crippen LogP contribution in [0.25, 0.3) is 10.8 Å². The third-order valence-electron chi connectivity index (χ3n) is 2.10. The van der Waals surface area contributed by atoms with Gasteiger partial charge in [0.1, 0.15) is 0 Å². The quantitative estimate of drug-likeness (QED) is 0.787. The van der Waals surface area contributed by atoms with Crippen molar-refractivity contribution in [2.45, 2.75) is 18.7 Å². The zero-order valence-corrected chi connectivity index (χ0v) is 10.8. The van der Waals surface area contributed by atoms with Gasteiger partial charge >= 0.3 is 0 Å². The Bertz CT molecular complexity index is 618. The topological polar surface area (TPSA) is 47.0 Å². The van der Waals surface area contributed by atoms with Crippen molar-refractivity contribution in [2.24, 2.45) is 0 Å². The molecular formula is C12H14FNO2S. The number of aromatic nitrogens is 1. The smallest absolute Gasteiger partial charge is 0.176 e. The van der Waals surface area contributed by atoms with Gasteiger partial charge in [-0.25, -0.2) is 12.8 Å². The lowest BCUT2D eigenvalue weighted by Crippen LogP contribution is -1.99. The number of hydrogen-bond acceptors (Lipinski definition) is 3. The van der Waals surface area contributed by atoms with E-state index in [1.807, 2.05) is 13.8 Å². The third-order valence-corrected chi connectivity index (χ3v) is 3.24. The average molecular weight is 255 g/mol. The van der Waals surface area contributed by atoms with E-state index in [-0.39, 0.29) is 10.3 Å². The van der Waals surface area contributed by atoms with E-state index in [0.717, 1.165) is 12.5 Å². The number of fused-ring (bicyclic) bond motifs is 1. The summed E-state index contributed by atoms with van der Waals surface area (Å²) in [6.45, 7) is 4.00. The molecule has 0 bridgehead atoms. The maximum absolute atomic E-state index is 13.5. The van der Waals surface area contributed by atoms with Crippen LogP contribution in [0.4, 0.5) is 4.39 Å². The molecule has 0 N–H and O–H groups in total. The maximum Gasteiger partial charge on any atom is 0.176 e. The molecule has 1 aromatic carbocycles. The zero-order valence-electron chi connectivity index (χ0n) is 9.94. The van der Waals surface area contributed by atoms with Crippen molar-refractivity contribution >= 4 is 20.6 Å². The second-order valence-corrected chi connectivity index (χ2v) is 5.23. The molecule has 0 atom stereocenters. The van der Waals surface area contributed by atoms with Crippen molar-refractivity contribution in [1.29, 1.82) is 0 Å². The highest BCUT2D eigenvalue weighted by atomic mass is 32.2. The zero-order chi connectivity index (χ0) is 13.1. The van der Waals surface area contributed by atoms with Crippen LogP contribution >= 0.6 is 0 Å². The number of pyridine rings is 1. The predicted octanol–water partition coefficient (Wildman–Crippen LogP) is 2.80. The fourth-order valence-corrected chi connectivity index (χ4v) is 2.38. The highest BCUT2D eigenvalue weighted by Crippen LogP contribution is 2.24. The van der Waals surface area contributed by atoms with E-state index in [4.69, 9.17) is 0 Å². The Kier molecular flexibility index (Phi) is 4.17. The Morgan fingerprint density at radius 1 is 1.18 bits per heavy atom. The van der Waals surface area contributed by atoms with Gasteiger partial charge < -0.3 is 0 Å². The molecule has 1 aromatic heterocycles. The first-order valence-corrected chi connectivity index (χ1v) is 7.11. The molecule has 0 aliphatic heterocycles. The first kappa shape index (κ1) is 13.6. The summed E-state index contributed by atoms with van der Waals surface area (Å²) >= 11 is 0. The van der Waals surface area contributed by atoms with E-state index in [1.54, 1.807) is 12.1 Å². The summed E-state index contributed by atoms with van der Waals surface area (Å²) in [6.07, 6.45) is 3.51. The number of benzene rings is 1. The molecular weight excluding hydrogens is 241 g/mol. The number of rotatable bonds is 1. The van der Waals surface area contributed by atoms with Crippen LogP contribution in [0.15, 0.2) is 35.5 Å². The van der Waals surface area contributed by atoms with Gasteiger partial charge in [-0.15, -0.1) is 0 Å². The molecule has 2 aromatic rings. The third kappa shape index (κ3) is 2.79. The standard InChI is InChI=1S/C10H8FNO2S.C2H6/c1-15(13,14)9-4-2-3-7-5-12-6-8(11)10(7)9;1-2/h2-6H,1H3;1-2H3. The molecule has 0 unspecified atom stereocenters. The van der Waals surface area contributed by atoms with Crippen molar-refractivity contribution in [3.8, 4) is 0 Å². The lowest BCUT2D eigenvalue weighted by molar-refractivity contribution is 0.600. The number of hydrogen-bond donors (Lipinski definition) is 0. The molecule has 0 aliphatic rings. The van der Waals surface area contributed by atoms with E-state index in [9.17, 15) is 12.8 Å². The van der Waals surface area contributed by atoms with Gasteiger partial charge in [-0.3, -0.25) is 4.98 Å². The molecule has 92 valence electrons. The molecule has 17 heavy (non-hydrogen) atoms. The van der Waals surface area contributed by atoms with Gasteiger partial charge in [0.15, 0.2) is 15.7 Å². The number of sulfone groups is 1. The van der Waals surface area contributed by atoms with Crippen molar-refractivity contribution in [3.05, 3.63) is 36.4 Å². The summed E-state index contributed by atoms with van der Waals surface area (Å²) in [7, 11) is -3.42. The summed E-state index contributed by atoms with van der Waals surface area (Å²) in [5, 5.41) is 0.591. The summed E-state index contributed by atoms with van der Waals surface area (Å²) in [4.78, 5) is 3.67. The van der Waals surface area contributed by atoms with Crippen LogP contribution in [0.1, 0.15) is 13.8 Å². The molecule has 0 fully saturated rings. The Balaban J connectivity index is 0.000000686. The highest BCUT2D eigenvalue weighted by molar-refractivity contribution is 7.91. The lowest BCUT2D eigenvalue weighted by Gasteiger charge is -2.04.